The Morgan fingerprint density at radius 3 is 2.34 bits per heavy atom. The van der Waals surface area contributed by atoms with Crippen molar-refractivity contribution in [1.29, 1.82) is 0 Å². The van der Waals surface area contributed by atoms with Gasteiger partial charge in [0.15, 0.2) is 0 Å². The largest absolute Gasteiger partial charge is 0.465 e. The molecule has 0 aliphatic heterocycles. The molecule has 0 aromatic carbocycles. The SMILES string of the molecule is CC(=O)OC[C@@H]1C[C@H]2[C@@H]3CC[C@H]4C[C@@H](OC(C)=O)CC[C@]4(C)[C@H]3CC[C@]2(C)[C@H]1O. The van der Waals surface area contributed by atoms with Gasteiger partial charge in [0.2, 0.25) is 0 Å². The van der Waals surface area contributed by atoms with E-state index in [9.17, 15) is 14.7 Å². The first-order valence-corrected chi connectivity index (χ1v) is 11.6. The van der Waals surface area contributed by atoms with Crippen LogP contribution in [0.2, 0.25) is 0 Å². The van der Waals surface area contributed by atoms with Gasteiger partial charge in [-0.15, -0.1) is 0 Å². The van der Waals surface area contributed by atoms with E-state index in [1.54, 1.807) is 0 Å². The van der Waals surface area contributed by atoms with E-state index in [4.69, 9.17) is 9.47 Å². The Bertz CT molecular complexity index is 662. The molecule has 4 aliphatic carbocycles. The third-order valence-electron chi connectivity index (χ3n) is 9.57. The van der Waals surface area contributed by atoms with Crippen LogP contribution in [-0.4, -0.2) is 35.9 Å². The molecule has 0 radical (unpaired) electrons. The molecule has 0 bridgehead atoms. The highest BCUT2D eigenvalue weighted by atomic mass is 16.5. The van der Waals surface area contributed by atoms with Crippen molar-refractivity contribution in [3.63, 3.8) is 0 Å². The number of carbonyl (C=O) groups excluding carboxylic acids is 2. The zero-order valence-corrected chi connectivity index (χ0v) is 18.5. The van der Waals surface area contributed by atoms with Crippen LogP contribution in [0.25, 0.3) is 0 Å². The van der Waals surface area contributed by atoms with Gasteiger partial charge in [-0.1, -0.05) is 13.8 Å². The minimum Gasteiger partial charge on any atom is -0.465 e. The molecule has 0 aromatic rings. The summed E-state index contributed by atoms with van der Waals surface area (Å²) >= 11 is 0. The standard InChI is InChI=1S/C24H38O5/c1-14(25)28-13-16-11-21-19-6-5-17-12-18(29-15(2)26)7-9-23(17,3)20(19)8-10-24(21,4)22(16)27/h16-22,27H,5-13H2,1-4H3/t16-,17-,18-,19+,20-,21-,22-,23-,24-/m0/s1. The van der Waals surface area contributed by atoms with Crippen molar-refractivity contribution in [3.05, 3.63) is 0 Å². The fraction of sp³-hybridized carbons (Fsp3) is 0.917. The number of fused-ring (bicyclic) bond motifs is 5. The van der Waals surface area contributed by atoms with Gasteiger partial charge in [-0.3, -0.25) is 9.59 Å². The highest BCUT2D eigenvalue weighted by Gasteiger charge is 2.62. The molecule has 0 unspecified atom stereocenters. The quantitative estimate of drug-likeness (QED) is 0.714. The van der Waals surface area contributed by atoms with Crippen LogP contribution in [0.15, 0.2) is 0 Å². The van der Waals surface area contributed by atoms with Gasteiger partial charge in [-0.2, -0.15) is 0 Å². The number of hydrogen-bond acceptors (Lipinski definition) is 5. The summed E-state index contributed by atoms with van der Waals surface area (Å²) < 4.78 is 10.9. The molecule has 4 saturated carbocycles. The topological polar surface area (TPSA) is 72.8 Å². The molecule has 0 amide bonds. The van der Waals surface area contributed by atoms with Gasteiger partial charge in [0.1, 0.15) is 6.10 Å². The molecule has 29 heavy (non-hydrogen) atoms. The van der Waals surface area contributed by atoms with Crippen LogP contribution in [0.4, 0.5) is 0 Å². The number of aliphatic hydroxyl groups is 1. The highest BCUT2D eigenvalue weighted by Crippen LogP contribution is 2.67. The van der Waals surface area contributed by atoms with E-state index in [0.717, 1.165) is 32.1 Å². The number of carbonyl (C=O) groups is 2. The Hall–Kier alpha value is -1.10. The first kappa shape index (κ1) is 21.1. The Balaban J connectivity index is 1.50. The predicted octanol–water partition coefficient (Wildman–Crippen LogP) is 4.11. The van der Waals surface area contributed by atoms with Gasteiger partial charge < -0.3 is 14.6 Å². The summed E-state index contributed by atoms with van der Waals surface area (Å²) in [5.74, 6) is 2.15. The maximum absolute atomic E-state index is 11.4. The molecule has 4 fully saturated rings. The van der Waals surface area contributed by atoms with Crippen molar-refractivity contribution in [2.75, 3.05) is 6.61 Å². The maximum atomic E-state index is 11.4. The van der Waals surface area contributed by atoms with Gasteiger partial charge >= 0.3 is 11.9 Å². The average molecular weight is 407 g/mol. The molecule has 4 aliphatic rings. The average Bonchev–Trinajstić information content (AvgIpc) is 2.91. The second kappa shape index (κ2) is 7.55. The zero-order valence-electron chi connectivity index (χ0n) is 18.5. The van der Waals surface area contributed by atoms with Crippen LogP contribution in [0, 0.1) is 40.4 Å². The molecule has 1 N–H and O–H groups in total. The minimum atomic E-state index is -0.377. The summed E-state index contributed by atoms with van der Waals surface area (Å²) in [5, 5.41) is 11.1. The van der Waals surface area contributed by atoms with Crippen molar-refractivity contribution in [3.8, 4) is 0 Å². The lowest BCUT2D eigenvalue weighted by molar-refractivity contribution is -0.161. The monoisotopic (exact) mass is 406 g/mol. The highest BCUT2D eigenvalue weighted by molar-refractivity contribution is 5.66. The van der Waals surface area contributed by atoms with Crippen molar-refractivity contribution in [1.82, 2.24) is 0 Å². The van der Waals surface area contributed by atoms with Gasteiger partial charge in [0.25, 0.3) is 0 Å². The molecule has 164 valence electrons. The molecule has 0 saturated heterocycles. The Labute approximate surface area is 174 Å². The van der Waals surface area contributed by atoms with E-state index in [-0.39, 0.29) is 35.5 Å². The summed E-state index contributed by atoms with van der Waals surface area (Å²) in [5.41, 5.74) is 0.268. The lowest BCUT2D eigenvalue weighted by atomic mass is 9.45. The summed E-state index contributed by atoms with van der Waals surface area (Å²) in [6, 6.07) is 0. The molecular formula is C24H38O5. The second-order valence-electron chi connectivity index (χ2n) is 11.0. The van der Waals surface area contributed by atoms with Gasteiger partial charge in [-0.25, -0.2) is 0 Å². The lowest BCUT2D eigenvalue weighted by Gasteiger charge is -2.60. The third-order valence-corrected chi connectivity index (χ3v) is 9.57. The lowest BCUT2D eigenvalue weighted by Crippen LogP contribution is -2.54. The van der Waals surface area contributed by atoms with E-state index < -0.39 is 0 Å². The van der Waals surface area contributed by atoms with Crippen LogP contribution in [0.1, 0.15) is 79.1 Å². The molecule has 0 aromatic heterocycles. The van der Waals surface area contributed by atoms with Gasteiger partial charge in [0, 0.05) is 19.8 Å². The van der Waals surface area contributed by atoms with Crippen molar-refractivity contribution >= 4 is 11.9 Å². The van der Waals surface area contributed by atoms with E-state index in [2.05, 4.69) is 13.8 Å². The normalized spacial score (nSPS) is 48.8. The number of aliphatic hydroxyl groups excluding tert-OH is 1. The summed E-state index contributed by atoms with van der Waals surface area (Å²) in [6.45, 7) is 8.08. The molecule has 5 nitrogen and oxygen atoms in total. The first-order valence-electron chi connectivity index (χ1n) is 11.6. The molecule has 9 atom stereocenters. The van der Waals surface area contributed by atoms with E-state index in [1.165, 1.54) is 33.1 Å². The summed E-state index contributed by atoms with van der Waals surface area (Å²) in [6.07, 6.45) is 8.48. The Kier molecular flexibility index (Phi) is 5.50. The Morgan fingerprint density at radius 1 is 0.931 bits per heavy atom. The van der Waals surface area contributed by atoms with Crippen molar-refractivity contribution in [2.24, 2.45) is 40.4 Å². The van der Waals surface area contributed by atoms with Crippen LogP contribution in [0.3, 0.4) is 0 Å². The van der Waals surface area contributed by atoms with E-state index in [0.29, 0.717) is 35.7 Å². The smallest absolute Gasteiger partial charge is 0.302 e. The first-order chi connectivity index (χ1) is 13.6. The fourth-order valence-electron chi connectivity index (χ4n) is 8.10. The summed E-state index contributed by atoms with van der Waals surface area (Å²) in [4.78, 5) is 22.7. The third kappa shape index (κ3) is 3.51. The number of ether oxygens (including phenoxy) is 2. The zero-order chi connectivity index (χ0) is 21.0. The maximum Gasteiger partial charge on any atom is 0.302 e. The summed E-state index contributed by atoms with van der Waals surface area (Å²) in [7, 11) is 0. The Morgan fingerprint density at radius 2 is 1.66 bits per heavy atom. The van der Waals surface area contributed by atoms with Gasteiger partial charge in [-0.05, 0) is 85.9 Å². The van der Waals surface area contributed by atoms with E-state index in [1.807, 2.05) is 0 Å². The van der Waals surface area contributed by atoms with Crippen molar-refractivity contribution in [2.45, 2.75) is 91.3 Å². The van der Waals surface area contributed by atoms with E-state index >= 15 is 0 Å². The number of rotatable bonds is 3. The fourth-order valence-corrected chi connectivity index (χ4v) is 8.10. The number of hydrogen-bond donors (Lipinski definition) is 1. The molecule has 0 spiro atoms. The molecule has 5 heteroatoms. The number of esters is 2. The van der Waals surface area contributed by atoms with Crippen LogP contribution in [0.5, 0.6) is 0 Å². The second-order valence-corrected chi connectivity index (χ2v) is 11.0. The van der Waals surface area contributed by atoms with Crippen molar-refractivity contribution < 1.29 is 24.2 Å². The predicted molar refractivity (Wildman–Crippen MR) is 109 cm³/mol. The van der Waals surface area contributed by atoms with Crippen LogP contribution in [-0.2, 0) is 19.1 Å². The molecule has 0 heterocycles. The van der Waals surface area contributed by atoms with Crippen LogP contribution < -0.4 is 0 Å². The molecular weight excluding hydrogens is 368 g/mol. The minimum absolute atomic E-state index is 0.0515. The van der Waals surface area contributed by atoms with Gasteiger partial charge in [0.05, 0.1) is 12.7 Å². The van der Waals surface area contributed by atoms with Crippen LogP contribution >= 0.6 is 0 Å². The molecule has 4 rings (SSSR count).